The van der Waals surface area contributed by atoms with Crippen LogP contribution in [0.5, 0.6) is 0 Å². The Balaban J connectivity index is 2.41. The van der Waals surface area contributed by atoms with Crippen molar-refractivity contribution in [1.82, 2.24) is 9.99 Å². The largest absolute Gasteiger partial charge is 0.465 e. The number of benzene rings is 1. The number of esters is 1. The normalized spacial score (nSPS) is 10.7. The molecule has 1 aromatic heterocycles. The van der Waals surface area contributed by atoms with E-state index in [0.717, 1.165) is 22.6 Å². The molecule has 7 heteroatoms. The fraction of sp³-hybridized carbons (Fsp3) is 0.188. The van der Waals surface area contributed by atoms with E-state index < -0.39 is 0 Å². The van der Waals surface area contributed by atoms with Crippen LogP contribution in [0.3, 0.4) is 0 Å². The minimum Gasteiger partial charge on any atom is -0.465 e. The molecule has 120 valence electrons. The molecule has 0 saturated heterocycles. The summed E-state index contributed by atoms with van der Waals surface area (Å²) >= 11 is 4.71. The maximum atomic E-state index is 11.7. The Morgan fingerprint density at radius 3 is 2.78 bits per heavy atom. The Hall–Kier alpha value is -2.67. The lowest BCUT2D eigenvalue weighted by atomic mass is 10.2. The monoisotopic (exact) mass is 330 g/mol. The van der Waals surface area contributed by atoms with E-state index in [0.29, 0.717) is 5.56 Å². The Morgan fingerprint density at radius 1 is 1.39 bits per heavy atom. The van der Waals surface area contributed by atoms with Gasteiger partial charge in [0.1, 0.15) is 0 Å². The average Bonchev–Trinajstić information content (AvgIpc) is 2.80. The van der Waals surface area contributed by atoms with E-state index in [2.05, 4.69) is 10.5 Å². The quantitative estimate of drug-likeness (QED) is 0.388. The topological polar surface area (TPSA) is 81.6 Å². The zero-order valence-electron chi connectivity index (χ0n) is 13.2. The molecule has 0 bridgehead atoms. The SMILES string of the molecule is COC(=O)c1cccc(-n2c(C)cc(/C=N\NC(N)=S)c2C)c1. The first-order chi connectivity index (χ1) is 10.9. The first-order valence-electron chi connectivity index (χ1n) is 6.90. The number of thiocarbonyl (C=S) groups is 1. The van der Waals surface area contributed by atoms with Gasteiger partial charge in [-0.15, -0.1) is 0 Å². The van der Waals surface area contributed by atoms with E-state index in [1.807, 2.05) is 36.6 Å². The average molecular weight is 330 g/mol. The molecule has 0 saturated carbocycles. The molecule has 2 aromatic rings. The smallest absolute Gasteiger partial charge is 0.337 e. The van der Waals surface area contributed by atoms with E-state index in [1.54, 1.807) is 18.3 Å². The summed E-state index contributed by atoms with van der Waals surface area (Å²) < 4.78 is 6.80. The highest BCUT2D eigenvalue weighted by molar-refractivity contribution is 7.80. The lowest BCUT2D eigenvalue weighted by molar-refractivity contribution is 0.0600. The summed E-state index contributed by atoms with van der Waals surface area (Å²) in [5, 5.41) is 4.09. The van der Waals surface area contributed by atoms with Crippen molar-refractivity contribution < 1.29 is 9.53 Å². The van der Waals surface area contributed by atoms with Crippen molar-refractivity contribution >= 4 is 29.5 Å². The molecular weight excluding hydrogens is 312 g/mol. The van der Waals surface area contributed by atoms with Crippen LogP contribution in [-0.2, 0) is 4.74 Å². The second-order valence-corrected chi connectivity index (χ2v) is 5.38. The van der Waals surface area contributed by atoms with Crippen molar-refractivity contribution in [1.29, 1.82) is 0 Å². The van der Waals surface area contributed by atoms with Gasteiger partial charge in [0.15, 0.2) is 5.11 Å². The highest BCUT2D eigenvalue weighted by Gasteiger charge is 2.12. The number of hydrogen-bond donors (Lipinski definition) is 2. The minimum atomic E-state index is -0.364. The van der Waals surface area contributed by atoms with Crippen molar-refractivity contribution in [3.63, 3.8) is 0 Å². The summed E-state index contributed by atoms with van der Waals surface area (Å²) in [4.78, 5) is 11.7. The van der Waals surface area contributed by atoms with Gasteiger partial charge in [0.05, 0.1) is 18.9 Å². The molecular formula is C16H18N4O2S. The molecule has 0 amide bonds. The van der Waals surface area contributed by atoms with E-state index in [1.165, 1.54) is 7.11 Å². The molecule has 23 heavy (non-hydrogen) atoms. The third-order valence-electron chi connectivity index (χ3n) is 3.37. The van der Waals surface area contributed by atoms with Crippen molar-refractivity contribution in [2.45, 2.75) is 13.8 Å². The summed E-state index contributed by atoms with van der Waals surface area (Å²) in [6.07, 6.45) is 1.65. The zero-order chi connectivity index (χ0) is 17.0. The molecule has 3 N–H and O–H groups in total. The van der Waals surface area contributed by atoms with Gasteiger partial charge in [-0.1, -0.05) is 6.07 Å². The maximum absolute atomic E-state index is 11.7. The Morgan fingerprint density at radius 2 is 2.13 bits per heavy atom. The molecule has 0 spiro atoms. The van der Waals surface area contributed by atoms with Crippen LogP contribution in [0.2, 0.25) is 0 Å². The van der Waals surface area contributed by atoms with Crippen LogP contribution in [0.4, 0.5) is 0 Å². The maximum Gasteiger partial charge on any atom is 0.337 e. The predicted molar refractivity (Wildman–Crippen MR) is 94.1 cm³/mol. The van der Waals surface area contributed by atoms with Gasteiger partial charge in [0, 0.05) is 22.6 Å². The summed E-state index contributed by atoms with van der Waals surface area (Å²) in [6, 6.07) is 9.26. The van der Waals surface area contributed by atoms with E-state index in [-0.39, 0.29) is 11.1 Å². The Kier molecular flexibility index (Phi) is 5.13. The lowest BCUT2D eigenvalue weighted by Gasteiger charge is -2.10. The number of aromatic nitrogens is 1. The van der Waals surface area contributed by atoms with Crippen LogP contribution >= 0.6 is 12.2 Å². The highest BCUT2D eigenvalue weighted by Crippen LogP contribution is 2.21. The molecule has 1 aromatic carbocycles. The number of carbonyl (C=O) groups is 1. The Labute approximate surface area is 139 Å². The van der Waals surface area contributed by atoms with Crippen LogP contribution < -0.4 is 11.2 Å². The third-order valence-corrected chi connectivity index (χ3v) is 3.47. The molecule has 2 rings (SSSR count). The first kappa shape index (κ1) is 16.7. The highest BCUT2D eigenvalue weighted by atomic mass is 32.1. The van der Waals surface area contributed by atoms with Crippen molar-refractivity contribution in [3.05, 3.63) is 52.8 Å². The fourth-order valence-corrected chi connectivity index (χ4v) is 2.42. The number of hydrogen-bond acceptors (Lipinski definition) is 4. The van der Waals surface area contributed by atoms with Gasteiger partial charge >= 0.3 is 5.97 Å². The molecule has 1 heterocycles. The van der Waals surface area contributed by atoms with Crippen molar-refractivity contribution in [2.24, 2.45) is 10.8 Å². The van der Waals surface area contributed by atoms with Gasteiger partial charge in [0.2, 0.25) is 0 Å². The third kappa shape index (κ3) is 3.75. The molecule has 0 aliphatic heterocycles. The van der Waals surface area contributed by atoms with Crippen LogP contribution in [0.25, 0.3) is 5.69 Å². The van der Waals surface area contributed by atoms with E-state index >= 15 is 0 Å². The number of hydrazone groups is 1. The van der Waals surface area contributed by atoms with Gasteiger partial charge in [-0.05, 0) is 50.3 Å². The second kappa shape index (κ2) is 7.06. The van der Waals surface area contributed by atoms with E-state index in [4.69, 9.17) is 22.7 Å². The minimum absolute atomic E-state index is 0.112. The van der Waals surface area contributed by atoms with Gasteiger partial charge in [-0.3, -0.25) is 5.43 Å². The molecule has 0 aliphatic rings. The molecule has 0 fully saturated rings. The van der Waals surface area contributed by atoms with Crippen LogP contribution in [-0.4, -0.2) is 29.0 Å². The van der Waals surface area contributed by atoms with E-state index in [9.17, 15) is 4.79 Å². The van der Waals surface area contributed by atoms with Crippen molar-refractivity contribution in [2.75, 3.05) is 7.11 Å². The van der Waals surface area contributed by atoms with Gasteiger partial charge < -0.3 is 15.0 Å². The van der Waals surface area contributed by atoms with Crippen LogP contribution in [0.15, 0.2) is 35.4 Å². The molecule has 0 radical (unpaired) electrons. The zero-order valence-corrected chi connectivity index (χ0v) is 14.0. The Bertz CT molecular complexity index is 780. The van der Waals surface area contributed by atoms with Gasteiger partial charge in [-0.2, -0.15) is 5.10 Å². The number of carbonyl (C=O) groups excluding carboxylic acids is 1. The molecule has 0 unspecified atom stereocenters. The van der Waals surface area contributed by atoms with Gasteiger partial charge in [0.25, 0.3) is 0 Å². The molecule has 0 atom stereocenters. The number of nitrogens with two attached hydrogens (primary N) is 1. The number of nitrogens with zero attached hydrogens (tertiary/aromatic N) is 2. The molecule has 0 aliphatic carbocycles. The van der Waals surface area contributed by atoms with Gasteiger partial charge in [-0.25, -0.2) is 4.79 Å². The fourth-order valence-electron chi connectivity index (χ4n) is 2.37. The number of aryl methyl sites for hydroxylation is 1. The van der Waals surface area contributed by atoms with Crippen LogP contribution in [0, 0.1) is 13.8 Å². The number of ether oxygens (including phenoxy) is 1. The summed E-state index contributed by atoms with van der Waals surface area (Å²) in [6.45, 7) is 3.95. The summed E-state index contributed by atoms with van der Waals surface area (Å²) in [7, 11) is 1.37. The van der Waals surface area contributed by atoms with Crippen molar-refractivity contribution in [3.8, 4) is 5.69 Å². The lowest BCUT2D eigenvalue weighted by Crippen LogP contribution is -2.24. The summed E-state index contributed by atoms with van der Waals surface area (Å²) in [5.41, 5.74) is 12.2. The number of rotatable bonds is 4. The first-order valence-corrected chi connectivity index (χ1v) is 7.31. The molecule has 6 nitrogen and oxygen atoms in total. The number of methoxy groups -OCH3 is 1. The number of nitrogens with one attached hydrogen (secondary N) is 1. The van der Waals surface area contributed by atoms with Crippen LogP contribution in [0.1, 0.15) is 27.3 Å². The second-order valence-electron chi connectivity index (χ2n) is 4.94. The predicted octanol–water partition coefficient (Wildman–Crippen LogP) is 2.05. The standard InChI is InChI=1S/C16H18N4O2S/c1-10-7-13(9-18-19-16(17)23)11(2)20(10)14-6-4-5-12(8-14)15(21)22-3/h4-9H,1-3H3,(H3,17,19,23)/b18-9-. The summed E-state index contributed by atoms with van der Waals surface area (Å²) in [5.74, 6) is -0.364.